The first kappa shape index (κ1) is 24.0. The average Bonchev–Trinajstić information content (AvgIpc) is 3.18. The van der Waals surface area contributed by atoms with Crippen LogP contribution < -0.4 is 5.46 Å². The minimum atomic E-state index is -1.84. The van der Waals surface area contributed by atoms with Crippen LogP contribution in [-0.4, -0.2) is 42.3 Å². The molecule has 2 unspecified atom stereocenters. The second kappa shape index (κ2) is 7.97. The van der Waals surface area contributed by atoms with Gasteiger partial charge in [-0.25, -0.2) is 4.98 Å². The molecule has 1 aromatic carbocycles. The highest BCUT2D eigenvalue weighted by molar-refractivity contribution is 6.74. The van der Waals surface area contributed by atoms with Crippen molar-refractivity contribution in [3.8, 4) is 0 Å². The van der Waals surface area contributed by atoms with E-state index in [2.05, 4.69) is 84.3 Å². The van der Waals surface area contributed by atoms with Gasteiger partial charge in [0.1, 0.15) is 0 Å². The first-order valence-electron chi connectivity index (χ1n) is 12.2. The van der Waals surface area contributed by atoms with Crippen molar-refractivity contribution in [2.45, 2.75) is 116 Å². The molecule has 2 fully saturated rings. The van der Waals surface area contributed by atoms with E-state index in [4.69, 9.17) is 18.7 Å². The SMILES string of the molecule is CC1(C)OB(c2ccc3c(c2)ncn3C2CCCCC2O[Si](C)(C)C(C)(C)C)OC1(C)C. The summed E-state index contributed by atoms with van der Waals surface area (Å²) >= 11 is 0. The lowest BCUT2D eigenvalue weighted by Crippen LogP contribution is -2.46. The van der Waals surface area contributed by atoms with Gasteiger partial charge in [-0.2, -0.15) is 0 Å². The topological polar surface area (TPSA) is 45.5 Å². The molecule has 0 amide bonds. The molecule has 2 atom stereocenters. The van der Waals surface area contributed by atoms with Crippen LogP contribution >= 0.6 is 0 Å². The molecule has 1 saturated carbocycles. The lowest BCUT2D eigenvalue weighted by atomic mass is 9.79. The lowest BCUT2D eigenvalue weighted by molar-refractivity contribution is 0.00578. The molecule has 2 aliphatic rings. The summed E-state index contributed by atoms with van der Waals surface area (Å²) in [6.07, 6.45) is 7.02. The van der Waals surface area contributed by atoms with Crippen molar-refractivity contribution in [1.82, 2.24) is 9.55 Å². The zero-order valence-electron chi connectivity index (χ0n) is 21.5. The number of hydrogen-bond donors (Lipinski definition) is 0. The molecule has 0 N–H and O–H groups in total. The molecule has 1 aliphatic heterocycles. The maximum atomic E-state index is 6.93. The number of aromatic nitrogens is 2. The monoisotopic (exact) mass is 456 g/mol. The van der Waals surface area contributed by atoms with E-state index in [1.165, 1.54) is 18.4 Å². The van der Waals surface area contributed by atoms with E-state index >= 15 is 0 Å². The molecule has 4 rings (SSSR count). The number of rotatable bonds is 4. The van der Waals surface area contributed by atoms with Gasteiger partial charge in [0.2, 0.25) is 0 Å². The van der Waals surface area contributed by atoms with Crippen molar-refractivity contribution >= 4 is 31.9 Å². The molecule has 7 heteroatoms. The summed E-state index contributed by atoms with van der Waals surface area (Å²) in [5, 5.41) is 0.212. The van der Waals surface area contributed by atoms with Crippen LogP contribution in [0.2, 0.25) is 18.1 Å². The van der Waals surface area contributed by atoms with E-state index in [1.54, 1.807) is 0 Å². The van der Waals surface area contributed by atoms with Crippen molar-refractivity contribution in [2.24, 2.45) is 0 Å². The van der Waals surface area contributed by atoms with E-state index in [1.807, 2.05) is 6.33 Å². The normalized spacial score (nSPS) is 26.1. The molecule has 0 radical (unpaired) electrons. The van der Waals surface area contributed by atoms with Crippen LogP contribution in [0, 0.1) is 0 Å². The predicted molar refractivity (Wildman–Crippen MR) is 135 cm³/mol. The lowest BCUT2D eigenvalue weighted by Gasteiger charge is -2.43. The van der Waals surface area contributed by atoms with Crippen molar-refractivity contribution < 1.29 is 13.7 Å². The minimum absolute atomic E-state index is 0.212. The number of fused-ring (bicyclic) bond motifs is 1. The Kier molecular flexibility index (Phi) is 5.97. The summed E-state index contributed by atoms with van der Waals surface area (Å²) in [5.41, 5.74) is 2.50. The molecule has 1 aromatic heterocycles. The summed E-state index contributed by atoms with van der Waals surface area (Å²) in [6, 6.07) is 6.78. The molecule has 0 spiro atoms. The van der Waals surface area contributed by atoms with Gasteiger partial charge in [-0.05, 0) is 76.3 Å². The van der Waals surface area contributed by atoms with Gasteiger partial charge < -0.3 is 18.3 Å². The van der Waals surface area contributed by atoms with Gasteiger partial charge >= 0.3 is 7.12 Å². The van der Waals surface area contributed by atoms with Gasteiger partial charge in [-0.1, -0.05) is 39.7 Å². The van der Waals surface area contributed by atoms with Crippen LogP contribution in [0.4, 0.5) is 0 Å². The first-order chi connectivity index (χ1) is 14.7. The quantitative estimate of drug-likeness (QED) is 0.542. The van der Waals surface area contributed by atoms with E-state index in [0.717, 1.165) is 23.8 Å². The van der Waals surface area contributed by atoms with Crippen molar-refractivity contribution in [3.63, 3.8) is 0 Å². The number of benzene rings is 1. The molecule has 2 heterocycles. The van der Waals surface area contributed by atoms with E-state index in [0.29, 0.717) is 6.04 Å². The molecule has 32 heavy (non-hydrogen) atoms. The van der Waals surface area contributed by atoms with E-state index < -0.39 is 8.32 Å². The van der Waals surface area contributed by atoms with Crippen LogP contribution in [0.15, 0.2) is 24.5 Å². The molecule has 2 aromatic rings. The van der Waals surface area contributed by atoms with Crippen LogP contribution in [-0.2, 0) is 13.7 Å². The summed E-state index contributed by atoms with van der Waals surface area (Å²) in [7, 11) is -2.20. The fraction of sp³-hybridized carbons (Fsp3) is 0.720. The third kappa shape index (κ3) is 4.22. The fourth-order valence-electron chi connectivity index (χ4n) is 4.53. The minimum Gasteiger partial charge on any atom is -0.412 e. The highest BCUT2D eigenvalue weighted by atomic mass is 28.4. The number of imidazole rings is 1. The summed E-state index contributed by atoms with van der Waals surface area (Å²) in [6.45, 7) is 20.0. The van der Waals surface area contributed by atoms with Crippen LogP contribution in [0.3, 0.4) is 0 Å². The Morgan fingerprint density at radius 1 is 1.06 bits per heavy atom. The van der Waals surface area contributed by atoms with Gasteiger partial charge in [0.25, 0.3) is 0 Å². The molecule has 5 nitrogen and oxygen atoms in total. The van der Waals surface area contributed by atoms with Gasteiger partial charge in [0.05, 0.1) is 40.7 Å². The second-order valence-corrected chi connectivity index (χ2v) is 17.0. The largest absolute Gasteiger partial charge is 0.494 e. The molecule has 1 aliphatic carbocycles. The molecular formula is C25H41BN2O3Si. The Balaban J connectivity index is 1.61. The van der Waals surface area contributed by atoms with Crippen molar-refractivity contribution in [1.29, 1.82) is 0 Å². The van der Waals surface area contributed by atoms with Crippen LogP contribution in [0.25, 0.3) is 11.0 Å². The van der Waals surface area contributed by atoms with E-state index in [-0.39, 0.29) is 29.5 Å². The van der Waals surface area contributed by atoms with Gasteiger partial charge in [-0.15, -0.1) is 0 Å². The second-order valence-electron chi connectivity index (χ2n) is 12.3. The Morgan fingerprint density at radius 2 is 1.69 bits per heavy atom. The predicted octanol–water partition coefficient (Wildman–Crippen LogP) is 5.84. The smallest absolute Gasteiger partial charge is 0.412 e. The summed E-state index contributed by atoms with van der Waals surface area (Å²) in [5.74, 6) is 0. The fourth-order valence-corrected chi connectivity index (χ4v) is 5.91. The Hall–Kier alpha value is -1.15. The van der Waals surface area contributed by atoms with Crippen LogP contribution in [0.1, 0.15) is 80.2 Å². The zero-order valence-corrected chi connectivity index (χ0v) is 22.5. The molecule has 176 valence electrons. The zero-order chi connectivity index (χ0) is 23.5. The highest BCUT2D eigenvalue weighted by Crippen LogP contribution is 2.42. The number of hydrogen-bond acceptors (Lipinski definition) is 4. The van der Waals surface area contributed by atoms with E-state index in [9.17, 15) is 0 Å². The van der Waals surface area contributed by atoms with Gasteiger partial charge in [0.15, 0.2) is 8.32 Å². The Bertz CT molecular complexity index is 963. The third-order valence-corrected chi connectivity index (χ3v) is 12.9. The molecular weight excluding hydrogens is 415 g/mol. The average molecular weight is 457 g/mol. The first-order valence-corrected chi connectivity index (χ1v) is 15.1. The van der Waals surface area contributed by atoms with Crippen LogP contribution in [0.5, 0.6) is 0 Å². The highest BCUT2D eigenvalue weighted by Gasteiger charge is 2.51. The summed E-state index contributed by atoms with van der Waals surface area (Å²) in [4.78, 5) is 4.79. The standard InChI is InChI=1S/C25H41BN2O3Si/c1-23(2,3)32(8,9)29-22-13-11-10-12-21(22)28-17-27-19-16-18(14-15-20(19)28)26-30-24(4,5)25(6,7)31-26/h14-17,21-22H,10-13H2,1-9H3. The maximum Gasteiger partial charge on any atom is 0.494 e. The van der Waals surface area contributed by atoms with Crippen molar-refractivity contribution in [3.05, 3.63) is 24.5 Å². The van der Waals surface area contributed by atoms with Gasteiger partial charge in [-0.3, -0.25) is 0 Å². The van der Waals surface area contributed by atoms with Crippen molar-refractivity contribution in [2.75, 3.05) is 0 Å². The Labute approximate surface area is 195 Å². The molecule has 1 saturated heterocycles. The third-order valence-electron chi connectivity index (χ3n) is 8.40. The maximum absolute atomic E-state index is 6.93. The Morgan fingerprint density at radius 3 is 2.31 bits per heavy atom. The summed E-state index contributed by atoms with van der Waals surface area (Å²) < 4.78 is 21.8. The van der Waals surface area contributed by atoms with Gasteiger partial charge in [0, 0.05) is 0 Å². The number of nitrogens with zero attached hydrogens (tertiary/aromatic N) is 2. The molecule has 0 bridgehead atoms.